The van der Waals surface area contributed by atoms with Crippen molar-refractivity contribution in [2.45, 2.75) is 19.3 Å². The molecule has 128 valence electrons. The predicted octanol–water partition coefficient (Wildman–Crippen LogP) is 2.48. The van der Waals surface area contributed by atoms with Crippen molar-refractivity contribution in [2.75, 3.05) is 12.4 Å². The van der Waals surface area contributed by atoms with Crippen LogP contribution in [0.4, 0.5) is 5.69 Å². The maximum Gasteiger partial charge on any atom is 0.235 e. The quantitative estimate of drug-likeness (QED) is 0.721. The molecule has 0 fully saturated rings. The number of aromatic amines is 1. The maximum atomic E-state index is 12.8. The first kappa shape index (κ1) is 16.6. The number of nitrogens with zero attached hydrogens (tertiary/aromatic N) is 3. The fourth-order valence-corrected chi connectivity index (χ4v) is 2.48. The Morgan fingerprint density at radius 3 is 2.48 bits per heavy atom. The molecule has 0 aliphatic carbocycles. The zero-order valence-electron chi connectivity index (χ0n) is 14.1. The van der Waals surface area contributed by atoms with Gasteiger partial charge in [0.1, 0.15) is 11.7 Å². The molecule has 1 heterocycles. The first-order chi connectivity index (χ1) is 12.2. The smallest absolute Gasteiger partial charge is 0.235 e. The van der Waals surface area contributed by atoms with Gasteiger partial charge in [-0.3, -0.25) is 4.79 Å². The summed E-state index contributed by atoms with van der Waals surface area (Å²) in [6.45, 7) is 2.00. The molecule has 1 aromatic heterocycles. The molecule has 0 aliphatic heterocycles. The van der Waals surface area contributed by atoms with Crippen molar-refractivity contribution in [1.29, 1.82) is 0 Å². The van der Waals surface area contributed by atoms with Crippen LogP contribution in [0.5, 0.6) is 5.75 Å². The first-order valence-corrected chi connectivity index (χ1v) is 7.89. The molecule has 0 saturated heterocycles. The van der Waals surface area contributed by atoms with Crippen LogP contribution in [0, 0.1) is 6.92 Å². The Morgan fingerprint density at radius 2 is 1.88 bits per heavy atom. The number of tetrazole rings is 1. The molecular weight excluding hydrogens is 318 g/mol. The van der Waals surface area contributed by atoms with Gasteiger partial charge in [0, 0.05) is 5.69 Å². The van der Waals surface area contributed by atoms with E-state index in [1.807, 2.05) is 55.5 Å². The van der Waals surface area contributed by atoms with Gasteiger partial charge in [0.2, 0.25) is 5.91 Å². The van der Waals surface area contributed by atoms with Gasteiger partial charge in [-0.1, -0.05) is 35.0 Å². The molecular formula is C18H19N5O2. The third-order valence-corrected chi connectivity index (χ3v) is 3.91. The number of hydrogen-bond donors (Lipinski definition) is 2. The highest BCUT2D eigenvalue weighted by Crippen LogP contribution is 2.21. The molecule has 3 rings (SSSR count). The Balaban J connectivity index is 1.79. The largest absolute Gasteiger partial charge is 0.497 e. The van der Waals surface area contributed by atoms with Gasteiger partial charge >= 0.3 is 0 Å². The molecule has 7 nitrogen and oxygen atoms in total. The SMILES string of the molecule is COc1ccc(C[C@H](C(=O)Nc2ccc(C)cc2)c2nn[nH]n2)cc1. The second kappa shape index (κ2) is 7.57. The average Bonchev–Trinajstić information content (AvgIpc) is 3.16. The molecule has 2 aromatic carbocycles. The molecule has 7 heteroatoms. The number of anilines is 1. The number of hydrogen-bond acceptors (Lipinski definition) is 5. The molecule has 0 bridgehead atoms. The summed E-state index contributed by atoms with van der Waals surface area (Å²) >= 11 is 0. The van der Waals surface area contributed by atoms with Crippen LogP contribution in [0.3, 0.4) is 0 Å². The number of carbonyl (C=O) groups is 1. The summed E-state index contributed by atoms with van der Waals surface area (Å²) in [6, 6.07) is 15.2. The van der Waals surface area contributed by atoms with Crippen LogP contribution >= 0.6 is 0 Å². The third kappa shape index (κ3) is 4.20. The Morgan fingerprint density at radius 1 is 1.16 bits per heavy atom. The van der Waals surface area contributed by atoms with Gasteiger partial charge < -0.3 is 10.1 Å². The summed E-state index contributed by atoms with van der Waals surface area (Å²) in [7, 11) is 1.62. The molecule has 25 heavy (non-hydrogen) atoms. The van der Waals surface area contributed by atoms with Crippen LogP contribution in [-0.4, -0.2) is 33.6 Å². The minimum Gasteiger partial charge on any atom is -0.497 e. The van der Waals surface area contributed by atoms with Gasteiger partial charge in [0.15, 0.2) is 5.82 Å². The van der Waals surface area contributed by atoms with Crippen LogP contribution in [0.1, 0.15) is 22.9 Å². The van der Waals surface area contributed by atoms with Gasteiger partial charge in [-0.15, -0.1) is 10.2 Å². The minimum atomic E-state index is -0.548. The molecule has 3 aromatic rings. The summed E-state index contributed by atoms with van der Waals surface area (Å²) < 4.78 is 5.16. The summed E-state index contributed by atoms with van der Waals surface area (Å²) in [4.78, 5) is 12.8. The van der Waals surface area contributed by atoms with Crippen molar-refractivity contribution in [2.24, 2.45) is 0 Å². The van der Waals surface area contributed by atoms with E-state index >= 15 is 0 Å². The maximum absolute atomic E-state index is 12.8. The van der Waals surface area contributed by atoms with Crippen LogP contribution < -0.4 is 10.1 Å². The summed E-state index contributed by atoms with van der Waals surface area (Å²) in [5.74, 6) is 0.402. The number of nitrogens with one attached hydrogen (secondary N) is 2. The highest BCUT2D eigenvalue weighted by molar-refractivity contribution is 5.95. The molecule has 0 spiro atoms. The summed E-state index contributed by atoms with van der Waals surface area (Å²) in [5, 5.41) is 16.9. The van der Waals surface area contributed by atoms with Gasteiger partial charge in [-0.05, 0) is 43.2 Å². The average molecular weight is 337 g/mol. The van der Waals surface area contributed by atoms with Crippen LogP contribution in [0.2, 0.25) is 0 Å². The van der Waals surface area contributed by atoms with Gasteiger partial charge in [-0.25, -0.2) is 0 Å². The Bertz CT molecular complexity index is 814. The summed E-state index contributed by atoms with van der Waals surface area (Å²) in [6.07, 6.45) is 0.460. The number of methoxy groups -OCH3 is 1. The number of amides is 1. The van der Waals surface area contributed by atoms with E-state index < -0.39 is 5.92 Å². The molecule has 1 amide bonds. The molecule has 0 radical (unpaired) electrons. The Hall–Kier alpha value is -3.22. The topological polar surface area (TPSA) is 92.8 Å². The number of ether oxygens (including phenoxy) is 1. The van der Waals surface area contributed by atoms with E-state index in [2.05, 4.69) is 25.9 Å². The normalized spacial score (nSPS) is 11.8. The second-order valence-corrected chi connectivity index (χ2v) is 5.73. The number of rotatable bonds is 6. The standard InChI is InChI=1S/C18H19N5O2/c1-12-3-7-14(8-4-12)19-18(24)16(17-20-22-23-21-17)11-13-5-9-15(25-2)10-6-13/h3-10,16H,11H2,1-2H3,(H,19,24)(H,20,21,22,23)/t16-/m0/s1. The van der Waals surface area contributed by atoms with Crippen LogP contribution in [0.25, 0.3) is 0 Å². The minimum absolute atomic E-state index is 0.180. The van der Waals surface area contributed by atoms with E-state index in [1.165, 1.54) is 0 Å². The van der Waals surface area contributed by atoms with E-state index in [4.69, 9.17) is 4.74 Å². The molecule has 1 atom stereocenters. The third-order valence-electron chi connectivity index (χ3n) is 3.91. The van der Waals surface area contributed by atoms with E-state index in [0.717, 1.165) is 22.6 Å². The monoisotopic (exact) mass is 337 g/mol. The lowest BCUT2D eigenvalue weighted by molar-refractivity contribution is -0.117. The number of H-pyrrole nitrogens is 1. The number of aryl methyl sites for hydroxylation is 1. The van der Waals surface area contributed by atoms with E-state index in [-0.39, 0.29) is 5.91 Å². The van der Waals surface area contributed by atoms with Crippen molar-refractivity contribution in [3.05, 3.63) is 65.5 Å². The van der Waals surface area contributed by atoms with Crippen LogP contribution in [-0.2, 0) is 11.2 Å². The van der Waals surface area contributed by atoms with E-state index in [1.54, 1.807) is 7.11 Å². The van der Waals surface area contributed by atoms with Gasteiger partial charge in [0.05, 0.1) is 7.11 Å². The predicted molar refractivity (Wildman–Crippen MR) is 93.4 cm³/mol. The zero-order chi connectivity index (χ0) is 17.6. The molecule has 0 saturated carbocycles. The van der Waals surface area contributed by atoms with Crippen LogP contribution in [0.15, 0.2) is 48.5 Å². The lowest BCUT2D eigenvalue weighted by Gasteiger charge is -2.14. The van der Waals surface area contributed by atoms with Crippen molar-refractivity contribution >= 4 is 11.6 Å². The lowest BCUT2D eigenvalue weighted by Crippen LogP contribution is -2.24. The van der Waals surface area contributed by atoms with Gasteiger partial charge in [-0.2, -0.15) is 5.21 Å². The fraction of sp³-hybridized carbons (Fsp3) is 0.222. The molecule has 0 aliphatic rings. The van der Waals surface area contributed by atoms with E-state index in [0.29, 0.717) is 12.2 Å². The van der Waals surface area contributed by atoms with Crippen molar-refractivity contribution in [3.8, 4) is 5.75 Å². The first-order valence-electron chi connectivity index (χ1n) is 7.89. The van der Waals surface area contributed by atoms with Crippen molar-refractivity contribution in [3.63, 3.8) is 0 Å². The Kier molecular flexibility index (Phi) is 5.03. The van der Waals surface area contributed by atoms with Crippen molar-refractivity contribution < 1.29 is 9.53 Å². The summed E-state index contributed by atoms with van der Waals surface area (Å²) in [5.41, 5.74) is 2.85. The molecule has 0 unspecified atom stereocenters. The zero-order valence-corrected chi connectivity index (χ0v) is 14.1. The molecule has 2 N–H and O–H groups in total. The number of aromatic nitrogens is 4. The lowest BCUT2D eigenvalue weighted by atomic mass is 9.97. The van der Waals surface area contributed by atoms with Gasteiger partial charge in [0.25, 0.3) is 0 Å². The Labute approximate surface area is 145 Å². The van der Waals surface area contributed by atoms with Crippen molar-refractivity contribution in [1.82, 2.24) is 20.6 Å². The number of benzene rings is 2. The number of carbonyl (C=O) groups excluding carboxylic acids is 1. The second-order valence-electron chi connectivity index (χ2n) is 5.73. The van der Waals surface area contributed by atoms with E-state index in [9.17, 15) is 4.79 Å². The fourth-order valence-electron chi connectivity index (χ4n) is 2.48. The highest BCUT2D eigenvalue weighted by Gasteiger charge is 2.25. The highest BCUT2D eigenvalue weighted by atomic mass is 16.5.